The molecule has 0 radical (unpaired) electrons. The van der Waals surface area contributed by atoms with Crippen molar-refractivity contribution in [3.05, 3.63) is 57.7 Å². The molecule has 0 bridgehead atoms. The van der Waals surface area contributed by atoms with Crippen LogP contribution in [0.1, 0.15) is 20.7 Å². The zero-order chi connectivity index (χ0) is 15.1. The number of carboxylic acid groups (broad SMARTS) is 2. The first-order chi connectivity index (χ1) is 9.97. The quantitative estimate of drug-likeness (QED) is 0.710. The molecule has 0 aliphatic rings. The molecule has 5 nitrogen and oxygen atoms in total. The molecule has 2 aromatic carbocycles. The van der Waals surface area contributed by atoms with E-state index >= 15 is 0 Å². The first-order valence-electron chi connectivity index (χ1n) is 5.94. The van der Waals surface area contributed by atoms with E-state index in [4.69, 9.17) is 10.2 Å². The van der Waals surface area contributed by atoms with Crippen molar-refractivity contribution in [2.45, 2.75) is 0 Å². The van der Waals surface area contributed by atoms with Gasteiger partial charge in [-0.1, -0.05) is 0 Å². The Labute approximate surface area is 121 Å². The van der Waals surface area contributed by atoms with E-state index in [-0.39, 0.29) is 16.6 Å². The smallest absolute Gasteiger partial charge is 0.335 e. The van der Waals surface area contributed by atoms with Crippen molar-refractivity contribution in [1.82, 2.24) is 0 Å². The molecule has 0 amide bonds. The molecule has 3 aromatic rings. The van der Waals surface area contributed by atoms with Crippen LogP contribution in [-0.2, 0) is 0 Å². The fourth-order valence-corrected chi connectivity index (χ4v) is 3.27. The summed E-state index contributed by atoms with van der Waals surface area (Å²) in [6, 6.07) is 8.60. The van der Waals surface area contributed by atoms with Crippen molar-refractivity contribution < 1.29 is 19.8 Å². The third kappa shape index (κ3) is 2.15. The molecule has 3 rings (SSSR count). The fraction of sp³-hybridized carbons (Fsp3) is 0. The largest absolute Gasteiger partial charge is 0.478 e. The Bertz CT molecular complexity index is 896. The van der Waals surface area contributed by atoms with Crippen LogP contribution in [0.4, 0.5) is 0 Å². The number of hydrogen-bond acceptors (Lipinski definition) is 4. The predicted molar refractivity (Wildman–Crippen MR) is 79.5 cm³/mol. The molecule has 0 unspecified atom stereocenters. The lowest BCUT2D eigenvalue weighted by atomic mass is 10.1. The van der Waals surface area contributed by atoms with Crippen LogP contribution in [0.3, 0.4) is 0 Å². The van der Waals surface area contributed by atoms with Crippen LogP contribution in [0.2, 0.25) is 0 Å². The molecular formula is C15H8O5S. The van der Waals surface area contributed by atoms with Gasteiger partial charge in [0.2, 0.25) is 0 Å². The van der Waals surface area contributed by atoms with Gasteiger partial charge in [-0.2, -0.15) is 0 Å². The monoisotopic (exact) mass is 300 g/mol. The van der Waals surface area contributed by atoms with Crippen LogP contribution in [0.15, 0.2) is 41.2 Å². The minimum Gasteiger partial charge on any atom is -0.478 e. The normalized spacial score (nSPS) is 10.9. The van der Waals surface area contributed by atoms with Crippen molar-refractivity contribution in [2.24, 2.45) is 0 Å². The summed E-state index contributed by atoms with van der Waals surface area (Å²) in [5, 5.41) is 18.8. The number of fused-ring (bicyclic) bond motifs is 2. The highest BCUT2D eigenvalue weighted by Crippen LogP contribution is 2.26. The van der Waals surface area contributed by atoms with E-state index in [9.17, 15) is 14.4 Å². The van der Waals surface area contributed by atoms with E-state index in [0.717, 1.165) is 0 Å². The van der Waals surface area contributed by atoms with Gasteiger partial charge in [-0.25, -0.2) is 9.59 Å². The standard InChI is InChI=1S/C15H8O5S/c16-13-9-3-1-7(14(17)18)5-11(9)21-12-6-8(15(19)20)2-4-10(12)13/h1-6H,(H,17,18)(H,19,20). The molecule has 1 aromatic heterocycles. The maximum absolute atomic E-state index is 12.4. The van der Waals surface area contributed by atoms with E-state index in [0.29, 0.717) is 20.2 Å². The van der Waals surface area contributed by atoms with Gasteiger partial charge >= 0.3 is 11.9 Å². The van der Waals surface area contributed by atoms with Crippen LogP contribution in [0.5, 0.6) is 0 Å². The number of aromatic carboxylic acids is 2. The fourth-order valence-electron chi connectivity index (χ4n) is 2.12. The molecule has 2 N–H and O–H groups in total. The third-order valence-electron chi connectivity index (χ3n) is 3.17. The lowest BCUT2D eigenvalue weighted by Crippen LogP contribution is -2.04. The Hall–Kier alpha value is -2.73. The first-order valence-corrected chi connectivity index (χ1v) is 6.76. The summed E-state index contributed by atoms with van der Waals surface area (Å²) >= 11 is 1.20. The molecule has 0 spiro atoms. The molecule has 0 saturated heterocycles. The van der Waals surface area contributed by atoms with Gasteiger partial charge in [0.1, 0.15) is 0 Å². The minimum absolute atomic E-state index is 0.0897. The van der Waals surface area contributed by atoms with Crippen molar-refractivity contribution in [1.29, 1.82) is 0 Å². The topological polar surface area (TPSA) is 91.7 Å². The maximum atomic E-state index is 12.4. The zero-order valence-corrected chi connectivity index (χ0v) is 11.3. The molecule has 0 aliphatic heterocycles. The Kier molecular flexibility index (Phi) is 2.95. The van der Waals surface area contributed by atoms with Crippen LogP contribution in [0.25, 0.3) is 20.2 Å². The summed E-state index contributed by atoms with van der Waals surface area (Å²) in [7, 11) is 0. The second-order valence-corrected chi connectivity index (χ2v) is 5.55. The SMILES string of the molecule is O=C(O)c1ccc2c(=O)c3ccc(C(=O)O)cc3sc2c1. The third-order valence-corrected chi connectivity index (χ3v) is 4.28. The van der Waals surface area contributed by atoms with Gasteiger partial charge in [0.15, 0.2) is 5.43 Å². The van der Waals surface area contributed by atoms with Crippen LogP contribution >= 0.6 is 11.3 Å². The molecule has 104 valence electrons. The van der Waals surface area contributed by atoms with Crippen LogP contribution in [0, 0.1) is 0 Å². The number of benzene rings is 2. The average molecular weight is 300 g/mol. The van der Waals surface area contributed by atoms with E-state index in [1.54, 1.807) is 0 Å². The molecule has 0 saturated carbocycles. The lowest BCUT2D eigenvalue weighted by molar-refractivity contribution is 0.0686. The van der Waals surface area contributed by atoms with Gasteiger partial charge in [-0.15, -0.1) is 11.3 Å². The van der Waals surface area contributed by atoms with Gasteiger partial charge in [-0.05, 0) is 36.4 Å². The van der Waals surface area contributed by atoms with Crippen LogP contribution in [-0.4, -0.2) is 22.2 Å². The van der Waals surface area contributed by atoms with E-state index in [2.05, 4.69) is 0 Å². The molecule has 21 heavy (non-hydrogen) atoms. The predicted octanol–water partition coefficient (Wildman–Crippen LogP) is 2.81. The second kappa shape index (κ2) is 4.68. The summed E-state index contributed by atoms with van der Waals surface area (Å²) in [6.07, 6.45) is 0. The number of carbonyl (C=O) groups is 2. The Morgan fingerprint density at radius 1 is 0.810 bits per heavy atom. The van der Waals surface area contributed by atoms with Gasteiger partial charge in [0.25, 0.3) is 0 Å². The molecule has 1 heterocycles. The summed E-state index contributed by atoms with van der Waals surface area (Å²) < 4.78 is 1.05. The Balaban J connectivity index is 2.40. The van der Waals surface area contributed by atoms with Crippen molar-refractivity contribution in [3.63, 3.8) is 0 Å². The Morgan fingerprint density at radius 2 is 1.24 bits per heavy atom. The molecule has 0 atom stereocenters. The Morgan fingerprint density at radius 3 is 1.62 bits per heavy atom. The molecule has 0 aliphatic carbocycles. The summed E-state index contributed by atoms with van der Waals surface area (Å²) in [4.78, 5) is 34.3. The van der Waals surface area contributed by atoms with E-state index in [1.807, 2.05) is 0 Å². The van der Waals surface area contributed by atoms with Gasteiger partial charge in [-0.3, -0.25) is 4.79 Å². The van der Waals surface area contributed by atoms with Crippen molar-refractivity contribution in [2.75, 3.05) is 0 Å². The highest BCUT2D eigenvalue weighted by molar-refractivity contribution is 7.24. The summed E-state index contributed by atoms with van der Waals surface area (Å²) in [6.45, 7) is 0. The zero-order valence-electron chi connectivity index (χ0n) is 10.5. The highest BCUT2D eigenvalue weighted by atomic mass is 32.1. The first kappa shape index (κ1) is 13.3. The summed E-state index contributed by atoms with van der Waals surface area (Å²) in [5.41, 5.74) is -0.0496. The van der Waals surface area contributed by atoms with Crippen LogP contribution < -0.4 is 5.43 Å². The average Bonchev–Trinajstić information content (AvgIpc) is 2.46. The molecular weight excluding hydrogens is 292 g/mol. The van der Waals surface area contributed by atoms with E-state index in [1.165, 1.54) is 47.7 Å². The summed E-state index contributed by atoms with van der Waals surface area (Å²) in [5.74, 6) is -2.15. The van der Waals surface area contributed by atoms with Crippen molar-refractivity contribution in [3.8, 4) is 0 Å². The molecule has 0 fully saturated rings. The second-order valence-electron chi connectivity index (χ2n) is 4.46. The minimum atomic E-state index is -1.07. The lowest BCUT2D eigenvalue weighted by Gasteiger charge is -2.03. The number of rotatable bonds is 2. The van der Waals surface area contributed by atoms with E-state index < -0.39 is 11.9 Å². The highest BCUT2D eigenvalue weighted by Gasteiger charge is 2.11. The van der Waals surface area contributed by atoms with Gasteiger partial charge < -0.3 is 10.2 Å². The molecule has 6 heteroatoms. The maximum Gasteiger partial charge on any atom is 0.335 e. The van der Waals surface area contributed by atoms with Gasteiger partial charge in [0.05, 0.1) is 11.1 Å². The van der Waals surface area contributed by atoms with Crippen molar-refractivity contribution >= 4 is 43.4 Å². The van der Waals surface area contributed by atoms with Gasteiger partial charge in [0, 0.05) is 20.2 Å². The number of carboxylic acids is 2. The number of hydrogen-bond donors (Lipinski definition) is 2.